The minimum absolute atomic E-state index is 0.464. The van der Waals surface area contributed by atoms with Gasteiger partial charge in [0.05, 0.1) is 12.2 Å². The molecule has 3 N–H and O–H groups in total. The lowest BCUT2D eigenvalue weighted by molar-refractivity contribution is -0.211. The molecule has 1 fully saturated rings. The van der Waals surface area contributed by atoms with E-state index >= 15 is 0 Å². The Kier molecular flexibility index (Phi) is 4.07. The van der Waals surface area contributed by atoms with Gasteiger partial charge in [0.25, 0.3) is 0 Å². The Hall–Kier alpha value is -0.650. The van der Waals surface area contributed by atoms with Crippen molar-refractivity contribution in [2.75, 3.05) is 0 Å². The molecule has 1 aliphatic rings. The molecule has 88 valence electrons. The van der Waals surface area contributed by atoms with Crippen LogP contribution in [0.25, 0.3) is 0 Å². The maximum atomic E-state index is 10.9. The zero-order valence-corrected chi connectivity index (χ0v) is 8.96. The highest BCUT2D eigenvalue weighted by Gasteiger charge is 2.45. The number of carboxylic acid groups (broad SMARTS) is 1. The van der Waals surface area contributed by atoms with E-state index in [1.54, 1.807) is 13.8 Å². The molecule has 0 aromatic carbocycles. The first-order chi connectivity index (χ1) is 7.02. The van der Waals surface area contributed by atoms with Gasteiger partial charge in [-0.25, -0.2) is 4.79 Å². The average Bonchev–Trinajstić information content (AvgIpc) is 2.21. The number of aliphatic hydroxyl groups is 2. The molecule has 5 atom stereocenters. The molecule has 5 nitrogen and oxygen atoms in total. The van der Waals surface area contributed by atoms with Crippen molar-refractivity contribution in [3.8, 4) is 0 Å². The van der Waals surface area contributed by atoms with E-state index in [4.69, 9.17) is 9.84 Å². The van der Waals surface area contributed by atoms with Gasteiger partial charge >= 0.3 is 5.97 Å². The number of hydrogen-bond donors (Lipinski definition) is 3. The summed E-state index contributed by atoms with van der Waals surface area (Å²) < 4.78 is 5.27. The van der Waals surface area contributed by atoms with Crippen molar-refractivity contribution in [1.29, 1.82) is 0 Å². The topological polar surface area (TPSA) is 87.0 Å². The summed E-state index contributed by atoms with van der Waals surface area (Å²) in [6.07, 6.45) is -2.67. The monoisotopic (exact) mass is 218 g/mol. The maximum absolute atomic E-state index is 10.9. The van der Waals surface area contributed by atoms with Crippen LogP contribution in [0.2, 0.25) is 0 Å². The van der Waals surface area contributed by atoms with Crippen LogP contribution in [0.15, 0.2) is 0 Å². The van der Waals surface area contributed by atoms with Crippen molar-refractivity contribution in [3.05, 3.63) is 0 Å². The van der Waals surface area contributed by atoms with E-state index in [9.17, 15) is 15.0 Å². The largest absolute Gasteiger partial charge is 0.479 e. The van der Waals surface area contributed by atoms with E-state index in [1.165, 1.54) is 0 Å². The number of aliphatic carboxylic acids is 1. The summed E-state index contributed by atoms with van der Waals surface area (Å²) in [6.45, 7) is 3.55. The van der Waals surface area contributed by atoms with E-state index in [1.807, 2.05) is 0 Å². The van der Waals surface area contributed by atoms with Gasteiger partial charge in [-0.3, -0.25) is 0 Å². The molecule has 0 spiro atoms. The summed E-state index contributed by atoms with van der Waals surface area (Å²) >= 11 is 0. The molecule has 1 rings (SSSR count). The lowest BCUT2D eigenvalue weighted by Crippen LogP contribution is -2.56. The highest BCUT2D eigenvalue weighted by molar-refractivity contribution is 5.73. The Morgan fingerprint density at radius 2 is 1.80 bits per heavy atom. The molecule has 15 heavy (non-hydrogen) atoms. The summed E-state index contributed by atoms with van der Waals surface area (Å²) in [6, 6.07) is 0. The molecular weight excluding hydrogens is 200 g/mol. The molecule has 0 amide bonds. The fraction of sp³-hybridized carbons (Fsp3) is 0.900. The van der Waals surface area contributed by atoms with Crippen LogP contribution < -0.4 is 0 Å². The van der Waals surface area contributed by atoms with Gasteiger partial charge in [0.15, 0.2) is 6.10 Å². The van der Waals surface area contributed by atoms with Gasteiger partial charge in [0.2, 0.25) is 0 Å². The van der Waals surface area contributed by atoms with Crippen LogP contribution in [0, 0.1) is 5.92 Å². The molecule has 1 heterocycles. The Bertz CT molecular complexity index is 230. The van der Waals surface area contributed by atoms with Crippen LogP contribution in [0.3, 0.4) is 0 Å². The van der Waals surface area contributed by atoms with E-state index in [0.717, 1.165) is 0 Å². The second kappa shape index (κ2) is 4.92. The summed E-state index contributed by atoms with van der Waals surface area (Å²) in [7, 11) is 0. The fourth-order valence-electron chi connectivity index (χ4n) is 2.06. The zero-order chi connectivity index (χ0) is 11.6. The van der Waals surface area contributed by atoms with Crippen molar-refractivity contribution in [3.63, 3.8) is 0 Å². The number of carboxylic acids is 1. The summed E-state index contributed by atoms with van der Waals surface area (Å²) in [5, 5.41) is 28.4. The van der Waals surface area contributed by atoms with Crippen molar-refractivity contribution >= 4 is 5.97 Å². The summed E-state index contributed by atoms with van der Waals surface area (Å²) in [4.78, 5) is 10.9. The van der Waals surface area contributed by atoms with Gasteiger partial charge in [-0.15, -0.1) is 0 Å². The van der Waals surface area contributed by atoms with Crippen LogP contribution in [0.5, 0.6) is 0 Å². The first-order valence-electron chi connectivity index (χ1n) is 5.27. The molecule has 0 radical (unpaired) electrons. The van der Waals surface area contributed by atoms with Crippen LogP contribution in [0.1, 0.15) is 26.7 Å². The molecule has 1 saturated heterocycles. The number of ether oxygens (including phenoxy) is 1. The molecule has 0 bridgehead atoms. The predicted octanol–water partition coefficient (Wildman–Crippen LogP) is -0.00360. The fourth-order valence-corrected chi connectivity index (χ4v) is 2.06. The Morgan fingerprint density at radius 1 is 1.20 bits per heavy atom. The SMILES string of the molecule is CCC1OC(C(=O)O)C(CC)C(O)C1O. The third-order valence-corrected chi connectivity index (χ3v) is 3.00. The number of aliphatic hydroxyl groups excluding tert-OH is 2. The van der Waals surface area contributed by atoms with Crippen molar-refractivity contribution in [2.24, 2.45) is 5.92 Å². The maximum Gasteiger partial charge on any atom is 0.333 e. The summed E-state index contributed by atoms with van der Waals surface area (Å²) in [5.74, 6) is -1.62. The normalized spacial score (nSPS) is 41.5. The highest BCUT2D eigenvalue weighted by atomic mass is 16.5. The standard InChI is InChI=1S/C10H18O5/c1-3-5-7(11)8(12)6(4-2)15-9(5)10(13)14/h5-9,11-12H,3-4H2,1-2H3,(H,13,14). The van der Waals surface area contributed by atoms with Gasteiger partial charge in [-0.1, -0.05) is 13.8 Å². The molecule has 0 aromatic heterocycles. The molecule has 1 aliphatic heterocycles. The molecule has 0 saturated carbocycles. The van der Waals surface area contributed by atoms with Crippen LogP contribution in [-0.2, 0) is 9.53 Å². The predicted molar refractivity (Wildman–Crippen MR) is 52.4 cm³/mol. The lowest BCUT2D eigenvalue weighted by atomic mass is 9.84. The van der Waals surface area contributed by atoms with Gasteiger partial charge in [0, 0.05) is 5.92 Å². The van der Waals surface area contributed by atoms with Gasteiger partial charge in [0.1, 0.15) is 6.10 Å². The first-order valence-corrected chi connectivity index (χ1v) is 5.27. The Morgan fingerprint density at radius 3 is 2.20 bits per heavy atom. The molecule has 0 aliphatic carbocycles. The van der Waals surface area contributed by atoms with E-state index in [0.29, 0.717) is 12.8 Å². The molecule has 5 unspecified atom stereocenters. The van der Waals surface area contributed by atoms with E-state index in [2.05, 4.69) is 0 Å². The Balaban J connectivity index is 2.84. The lowest BCUT2D eigenvalue weighted by Gasteiger charge is -2.40. The molecular formula is C10H18O5. The number of carbonyl (C=O) groups is 1. The highest BCUT2D eigenvalue weighted by Crippen LogP contribution is 2.29. The van der Waals surface area contributed by atoms with Crippen molar-refractivity contribution < 1.29 is 24.9 Å². The van der Waals surface area contributed by atoms with Crippen LogP contribution in [0.4, 0.5) is 0 Å². The van der Waals surface area contributed by atoms with Gasteiger partial charge < -0.3 is 20.1 Å². The third kappa shape index (κ3) is 2.30. The minimum atomic E-state index is -1.08. The number of rotatable bonds is 3. The second-order valence-electron chi connectivity index (χ2n) is 3.89. The quantitative estimate of drug-likeness (QED) is 0.620. The van der Waals surface area contributed by atoms with Gasteiger partial charge in [-0.2, -0.15) is 0 Å². The number of hydrogen-bond acceptors (Lipinski definition) is 4. The van der Waals surface area contributed by atoms with E-state index < -0.39 is 36.3 Å². The van der Waals surface area contributed by atoms with E-state index in [-0.39, 0.29) is 0 Å². The van der Waals surface area contributed by atoms with Crippen LogP contribution >= 0.6 is 0 Å². The first kappa shape index (κ1) is 12.4. The Labute approximate surface area is 88.7 Å². The zero-order valence-electron chi connectivity index (χ0n) is 8.96. The second-order valence-corrected chi connectivity index (χ2v) is 3.89. The van der Waals surface area contributed by atoms with Crippen LogP contribution in [-0.4, -0.2) is 45.7 Å². The average molecular weight is 218 g/mol. The molecule has 5 heteroatoms. The van der Waals surface area contributed by atoms with Gasteiger partial charge in [-0.05, 0) is 12.8 Å². The smallest absolute Gasteiger partial charge is 0.333 e. The minimum Gasteiger partial charge on any atom is -0.479 e. The van der Waals surface area contributed by atoms with Crippen molar-refractivity contribution in [2.45, 2.75) is 51.1 Å². The molecule has 0 aromatic rings. The third-order valence-electron chi connectivity index (χ3n) is 3.00. The van der Waals surface area contributed by atoms with Crippen molar-refractivity contribution in [1.82, 2.24) is 0 Å². The summed E-state index contributed by atoms with van der Waals surface area (Å²) in [5.41, 5.74) is 0.